The van der Waals surface area contributed by atoms with Crippen molar-refractivity contribution in [1.82, 2.24) is 9.80 Å². The summed E-state index contributed by atoms with van der Waals surface area (Å²) < 4.78 is 5.61. The van der Waals surface area contributed by atoms with E-state index in [-0.39, 0.29) is 5.91 Å². The Hall–Kier alpha value is -1.07. The van der Waals surface area contributed by atoms with Crippen molar-refractivity contribution in [2.75, 3.05) is 45.2 Å². The molecule has 1 aliphatic rings. The average molecular weight is 327 g/mol. The third-order valence-corrected chi connectivity index (χ3v) is 3.57. The van der Waals surface area contributed by atoms with Gasteiger partial charge in [-0.2, -0.15) is 0 Å². The van der Waals surface area contributed by atoms with E-state index in [0.717, 1.165) is 31.5 Å². The molecule has 0 atom stereocenters. The van der Waals surface area contributed by atoms with Crippen molar-refractivity contribution in [2.24, 2.45) is 0 Å². The zero-order valence-corrected chi connectivity index (χ0v) is 12.7. The Morgan fingerprint density at radius 1 is 1.26 bits per heavy atom. The fraction of sp³-hybridized carbons (Fsp3) is 0.500. The molecule has 0 aliphatic carbocycles. The van der Waals surface area contributed by atoms with E-state index in [1.54, 1.807) is 0 Å². The number of benzene rings is 1. The number of piperazine rings is 1. The average Bonchev–Trinajstić information content (AvgIpc) is 2.45. The maximum absolute atomic E-state index is 12.5. The Morgan fingerprint density at radius 2 is 1.95 bits per heavy atom. The third-order valence-electron chi connectivity index (χ3n) is 3.24. The maximum Gasteiger partial charge on any atom is 0.257 e. The summed E-state index contributed by atoms with van der Waals surface area (Å²) >= 11 is 3.33. The second kappa shape index (κ2) is 6.91. The first-order valence-electron chi connectivity index (χ1n) is 6.48. The summed E-state index contributed by atoms with van der Waals surface area (Å²) in [5.41, 5.74) is 0.660. The number of likely N-dealkylation sites (N-methyl/N-ethyl adjacent to an activating group) is 1. The maximum atomic E-state index is 12.5. The molecule has 19 heavy (non-hydrogen) atoms. The molecular formula is C14H19BrN2O2. The van der Waals surface area contributed by atoms with E-state index in [0.29, 0.717) is 17.9 Å². The summed E-state index contributed by atoms with van der Waals surface area (Å²) in [7, 11) is 2.08. The van der Waals surface area contributed by atoms with Crippen LogP contribution in [0, 0.1) is 0 Å². The highest BCUT2D eigenvalue weighted by Crippen LogP contribution is 2.20. The number of nitrogens with zero attached hydrogens (tertiary/aromatic N) is 2. The van der Waals surface area contributed by atoms with E-state index < -0.39 is 0 Å². The molecule has 1 aromatic carbocycles. The molecule has 0 radical (unpaired) electrons. The quantitative estimate of drug-likeness (QED) is 0.792. The van der Waals surface area contributed by atoms with Crippen molar-refractivity contribution in [3.63, 3.8) is 0 Å². The van der Waals surface area contributed by atoms with Gasteiger partial charge in [-0.1, -0.05) is 28.1 Å². The summed E-state index contributed by atoms with van der Waals surface area (Å²) in [6.45, 7) is 3.98. The molecule has 0 N–H and O–H groups in total. The van der Waals surface area contributed by atoms with Gasteiger partial charge in [-0.25, -0.2) is 0 Å². The topological polar surface area (TPSA) is 32.8 Å². The molecule has 104 valence electrons. The van der Waals surface area contributed by atoms with E-state index in [1.165, 1.54) is 0 Å². The number of para-hydroxylation sites is 1. The SMILES string of the molecule is CN1CCN(C(=O)c2ccccc2OCCBr)CC1. The standard InChI is InChI=1S/C14H19BrN2O2/c1-16-7-9-17(10-8-16)14(18)12-4-2-3-5-13(12)19-11-6-15/h2-5H,6-11H2,1H3. The van der Waals surface area contributed by atoms with E-state index in [1.807, 2.05) is 29.2 Å². The highest BCUT2D eigenvalue weighted by molar-refractivity contribution is 9.09. The lowest BCUT2D eigenvalue weighted by Crippen LogP contribution is -2.47. The monoisotopic (exact) mass is 326 g/mol. The van der Waals surface area contributed by atoms with Gasteiger partial charge in [0.05, 0.1) is 12.2 Å². The van der Waals surface area contributed by atoms with Crippen molar-refractivity contribution in [3.05, 3.63) is 29.8 Å². The van der Waals surface area contributed by atoms with Crippen molar-refractivity contribution < 1.29 is 9.53 Å². The Bertz CT molecular complexity index is 431. The van der Waals surface area contributed by atoms with Crippen LogP contribution in [0.2, 0.25) is 0 Å². The molecule has 1 aliphatic heterocycles. The minimum absolute atomic E-state index is 0.0678. The normalized spacial score (nSPS) is 16.4. The molecular weight excluding hydrogens is 308 g/mol. The fourth-order valence-electron chi connectivity index (χ4n) is 2.10. The lowest BCUT2D eigenvalue weighted by atomic mass is 10.1. The first-order valence-corrected chi connectivity index (χ1v) is 7.60. The molecule has 1 aromatic rings. The number of ether oxygens (including phenoxy) is 1. The van der Waals surface area contributed by atoms with Gasteiger partial charge in [-0.3, -0.25) is 4.79 Å². The van der Waals surface area contributed by atoms with Gasteiger partial charge in [0.1, 0.15) is 5.75 Å². The summed E-state index contributed by atoms with van der Waals surface area (Å²) in [5.74, 6) is 0.740. The van der Waals surface area contributed by atoms with Crippen LogP contribution in [-0.2, 0) is 0 Å². The van der Waals surface area contributed by atoms with Gasteiger partial charge in [0.25, 0.3) is 5.91 Å². The van der Waals surface area contributed by atoms with Gasteiger partial charge in [-0.15, -0.1) is 0 Å². The highest BCUT2D eigenvalue weighted by Gasteiger charge is 2.22. The Kier molecular flexibility index (Phi) is 5.22. The van der Waals surface area contributed by atoms with Crippen LogP contribution in [0.4, 0.5) is 0 Å². The molecule has 1 saturated heterocycles. The number of amides is 1. The summed E-state index contributed by atoms with van der Waals surface area (Å²) in [5, 5.41) is 0.754. The van der Waals surface area contributed by atoms with E-state index in [9.17, 15) is 4.79 Å². The van der Waals surface area contributed by atoms with E-state index in [4.69, 9.17) is 4.74 Å². The molecule has 0 unspecified atom stereocenters. The van der Waals surface area contributed by atoms with Gasteiger partial charge in [-0.05, 0) is 19.2 Å². The van der Waals surface area contributed by atoms with Crippen LogP contribution in [0.15, 0.2) is 24.3 Å². The number of carbonyl (C=O) groups is 1. The number of hydrogen-bond donors (Lipinski definition) is 0. The lowest BCUT2D eigenvalue weighted by Gasteiger charge is -2.32. The first kappa shape index (κ1) is 14.3. The van der Waals surface area contributed by atoms with Crippen molar-refractivity contribution in [1.29, 1.82) is 0 Å². The zero-order valence-electron chi connectivity index (χ0n) is 11.1. The minimum Gasteiger partial charge on any atom is -0.492 e. The second-order valence-electron chi connectivity index (χ2n) is 4.63. The van der Waals surface area contributed by atoms with Crippen LogP contribution >= 0.6 is 15.9 Å². The van der Waals surface area contributed by atoms with Crippen LogP contribution in [0.5, 0.6) is 5.75 Å². The number of halogens is 1. The first-order chi connectivity index (χ1) is 9.22. The van der Waals surface area contributed by atoms with E-state index >= 15 is 0 Å². The molecule has 0 spiro atoms. The predicted molar refractivity (Wildman–Crippen MR) is 79.1 cm³/mol. The van der Waals surface area contributed by atoms with Crippen LogP contribution in [0.1, 0.15) is 10.4 Å². The molecule has 1 heterocycles. The number of hydrogen-bond acceptors (Lipinski definition) is 3. The molecule has 0 saturated carbocycles. The van der Waals surface area contributed by atoms with Crippen LogP contribution in [0.3, 0.4) is 0 Å². The van der Waals surface area contributed by atoms with Gasteiger partial charge >= 0.3 is 0 Å². The van der Waals surface area contributed by atoms with Gasteiger partial charge in [0, 0.05) is 31.5 Å². The Labute approximate surface area is 122 Å². The zero-order chi connectivity index (χ0) is 13.7. The van der Waals surface area contributed by atoms with Crippen LogP contribution < -0.4 is 4.74 Å². The molecule has 0 bridgehead atoms. The van der Waals surface area contributed by atoms with Gasteiger partial charge < -0.3 is 14.5 Å². The Morgan fingerprint density at radius 3 is 2.63 bits per heavy atom. The van der Waals surface area contributed by atoms with Crippen molar-refractivity contribution >= 4 is 21.8 Å². The largest absolute Gasteiger partial charge is 0.492 e. The second-order valence-corrected chi connectivity index (χ2v) is 5.42. The van der Waals surface area contributed by atoms with Crippen molar-refractivity contribution in [2.45, 2.75) is 0 Å². The van der Waals surface area contributed by atoms with Gasteiger partial charge in [0.2, 0.25) is 0 Å². The summed E-state index contributed by atoms with van der Waals surface area (Å²) in [6.07, 6.45) is 0. The molecule has 1 fully saturated rings. The van der Waals surface area contributed by atoms with Crippen molar-refractivity contribution in [3.8, 4) is 5.75 Å². The van der Waals surface area contributed by atoms with E-state index in [2.05, 4.69) is 27.9 Å². The molecule has 4 nitrogen and oxygen atoms in total. The number of carbonyl (C=O) groups excluding carboxylic acids is 1. The molecule has 0 aromatic heterocycles. The molecule has 2 rings (SSSR count). The number of alkyl halides is 1. The molecule has 5 heteroatoms. The van der Waals surface area contributed by atoms with Crippen LogP contribution in [0.25, 0.3) is 0 Å². The fourth-order valence-corrected chi connectivity index (χ4v) is 2.26. The smallest absolute Gasteiger partial charge is 0.257 e. The number of rotatable bonds is 4. The molecule has 1 amide bonds. The predicted octanol–water partition coefficient (Wildman–Crippen LogP) is 1.85. The third kappa shape index (κ3) is 3.70. The van der Waals surface area contributed by atoms with Crippen LogP contribution in [-0.4, -0.2) is 60.9 Å². The lowest BCUT2D eigenvalue weighted by molar-refractivity contribution is 0.0660. The minimum atomic E-state index is 0.0678. The van der Waals surface area contributed by atoms with Gasteiger partial charge in [0.15, 0.2) is 0 Å². The summed E-state index contributed by atoms with van der Waals surface area (Å²) in [4.78, 5) is 16.6. The Balaban J connectivity index is 2.09. The summed E-state index contributed by atoms with van der Waals surface area (Å²) in [6, 6.07) is 7.46. The highest BCUT2D eigenvalue weighted by atomic mass is 79.9.